The number of anilines is 2. The van der Waals surface area contributed by atoms with Crippen LogP contribution in [0.1, 0.15) is 13.8 Å². The van der Waals surface area contributed by atoms with E-state index < -0.39 is 4.92 Å². The maximum absolute atomic E-state index is 11.1. The van der Waals surface area contributed by atoms with Crippen molar-refractivity contribution in [1.29, 1.82) is 0 Å². The summed E-state index contributed by atoms with van der Waals surface area (Å²) in [6.07, 6.45) is 1.18. The summed E-state index contributed by atoms with van der Waals surface area (Å²) in [5.41, 5.74) is 1.87. The molecule has 0 amide bonds. The van der Waals surface area contributed by atoms with Crippen LogP contribution in [0.3, 0.4) is 0 Å². The van der Waals surface area contributed by atoms with Crippen LogP contribution in [0.2, 0.25) is 0 Å². The summed E-state index contributed by atoms with van der Waals surface area (Å²) in [7, 11) is 0. The third-order valence-electron chi connectivity index (χ3n) is 2.36. The molecule has 0 bridgehead atoms. The SMILES string of the molecule is CC(C)N(CCO)c1ncnc(NN)c1[N+](=O)[O-]. The lowest BCUT2D eigenvalue weighted by Crippen LogP contribution is -2.35. The monoisotopic (exact) mass is 256 g/mol. The molecule has 0 spiro atoms. The number of nitrogen functional groups attached to an aromatic ring is 1. The van der Waals surface area contributed by atoms with Crippen molar-refractivity contribution in [3.05, 3.63) is 16.4 Å². The van der Waals surface area contributed by atoms with Gasteiger partial charge in [0.25, 0.3) is 0 Å². The molecule has 1 rings (SSSR count). The first-order chi connectivity index (χ1) is 8.52. The number of aliphatic hydroxyl groups is 1. The highest BCUT2D eigenvalue weighted by Crippen LogP contribution is 2.31. The van der Waals surface area contributed by atoms with Crippen LogP contribution in [0, 0.1) is 10.1 Å². The summed E-state index contributed by atoms with van der Waals surface area (Å²) in [6.45, 7) is 3.79. The minimum atomic E-state index is -0.600. The van der Waals surface area contributed by atoms with E-state index in [1.165, 1.54) is 6.33 Å². The highest BCUT2D eigenvalue weighted by molar-refractivity contribution is 5.70. The summed E-state index contributed by atoms with van der Waals surface area (Å²) in [4.78, 5) is 19.7. The number of hydrogen-bond acceptors (Lipinski definition) is 8. The average Bonchev–Trinajstić information content (AvgIpc) is 2.34. The third kappa shape index (κ3) is 2.81. The van der Waals surface area contributed by atoms with Gasteiger partial charge < -0.3 is 15.4 Å². The number of aromatic nitrogens is 2. The van der Waals surface area contributed by atoms with E-state index in [9.17, 15) is 10.1 Å². The second-order valence-corrected chi connectivity index (χ2v) is 3.81. The molecule has 0 aliphatic rings. The fourth-order valence-electron chi connectivity index (χ4n) is 1.57. The molecule has 0 radical (unpaired) electrons. The van der Waals surface area contributed by atoms with Crippen LogP contribution in [-0.2, 0) is 0 Å². The molecule has 9 heteroatoms. The zero-order valence-electron chi connectivity index (χ0n) is 10.2. The Balaban J connectivity index is 3.32. The van der Waals surface area contributed by atoms with Crippen LogP contribution >= 0.6 is 0 Å². The molecule has 9 nitrogen and oxygen atoms in total. The lowest BCUT2D eigenvalue weighted by atomic mass is 10.3. The Bertz CT molecular complexity index is 425. The van der Waals surface area contributed by atoms with Crippen molar-refractivity contribution >= 4 is 17.3 Å². The second-order valence-electron chi connectivity index (χ2n) is 3.81. The van der Waals surface area contributed by atoms with Crippen LogP contribution in [0.5, 0.6) is 0 Å². The van der Waals surface area contributed by atoms with Gasteiger partial charge in [0.15, 0.2) is 0 Å². The molecule has 4 N–H and O–H groups in total. The number of nitro groups is 1. The van der Waals surface area contributed by atoms with E-state index >= 15 is 0 Å². The molecule has 0 atom stereocenters. The van der Waals surface area contributed by atoms with E-state index in [0.29, 0.717) is 0 Å². The van der Waals surface area contributed by atoms with Gasteiger partial charge in [-0.1, -0.05) is 0 Å². The van der Waals surface area contributed by atoms with Gasteiger partial charge in [0.1, 0.15) is 6.33 Å². The first-order valence-corrected chi connectivity index (χ1v) is 5.36. The highest BCUT2D eigenvalue weighted by Gasteiger charge is 2.27. The molecule has 0 unspecified atom stereocenters. The second kappa shape index (κ2) is 6.07. The molecule has 18 heavy (non-hydrogen) atoms. The lowest BCUT2D eigenvalue weighted by Gasteiger charge is -2.26. The van der Waals surface area contributed by atoms with E-state index in [0.717, 1.165) is 0 Å². The number of nitrogens with zero attached hydrogens (tertiary/aromatic N) is 4. The standard InChI is InChI=1S/C9H16N6O3/c1-6(2)14(3-4-16)9-7(15(17)18)8(13-10)11-5-12-9/h5-6,16H,3-4,10H2,1-2H3,(H,11,12,13). The first-order valence-electron chi connectivity index (χ1n) is 5.36. The smallest absolute Gasteiger partial charge is 0.354 e. The Hall–Kier alpha value is -2.00. The van der Waals surface area contributed by atoms with Gasteiger partial charge in [0.05, 0.1) is 11.5 Å². The lowest BCUT2D eigenvalue weighted by molar-refractivity contribution is -0.383. The zero-order valence-corrected chi connectivity index (χ0v) is 10.2. The largest absolute Gasteiger partial charge is 0.395 e. The maximum Gasteiger partial charge on any atom is 0.354 e. The molecule has 0 fully saturated rings. The molecular formula is C9H16N6O3. The molecule has 0 aliphatic heterocycles. The predicted molar refractivity (Wildman–Crippen MR) is 66.1 cm³/mol. The van der Waals surface area contributed by atoms with Crippen molar-refractivity contribution in [1.82, 2.24) is 9.97 Å². The highest BCUT2D eigenvalue weighted by atomic mass is 16.6. The van der Waals surface area contributed by atoms with Crippen molar-refractivity contribution in [2.75, 3.05) is 23.5 Å². The number of nitrogens with two attached hydrogens (primary N) is 1. The van der Waals surface area contributed by atoms with E-state index in [1.807, 2.05) is 13.8 Å². The van der Waals surface area contributed by atoms with Crippen molar-refractivity contribution in [2.24, 2.45) is 5.84 Å². The third-order valence-corrected chi connectivity index (χ3v) is 2.36. The normalized spacial score (nSPS) is 10.5. The van der Waals surface area contributed by atoms with Gasteiger partial charge in [0, 0.05) is 12.6 Å². The summed E-state index contributed by atoms with van der Waals surface area (Å²) >= 11 is 0. The van der Waals surface area contributed by atoms with Crippen LogP contribution in [-0.4, -0.2) is 39.2 Å². The number of hydrazine groups is 1. The Morgan fingerprint density at radius 2 is 2.28 bits per heavy atom. The average molecular weight is 256 g/mol. The van der Waals surface area contributed by atoms with Crippen molar-refractivity contribution < 1.29 is 10.0 Å². The quantitative estimate of drug-likeness (QED) is 0.364. The Labute approximate surface area is 104 Å². The van der Waals surface area contributed by atoms with Crippen molar-refractivity contribution in [3.8, 4) is 0 Å². The molecule has 1 aromatic rings. The van der Waals surface area contributed by atoms with Gasteiger partial charge in [0.2, 0.25) is 11.6 Å². The van der Waals surface area contributed by atoms with Crippen molar-refractivity contribution in [3.63, 3.8) is 0 Å². The van der Waals surface area contributed by atoms with Gasteiger partial charge in [-0.05, 0) is 13.8 Å². The number of aliphatic hydroxyl groups excluding tert-OH is 1. The van der Waals surface area contributed by atoms with Crippen molar-refractivity contribution in [2.45, 2.75) is 19.9 Å². The summed E-state index contributed by atoms with van der Waals surface area (Å²) < 4.78 is 0. The van der Waals surface area contributed by atoms with Gasteiger partial charge in [-0.25, -0.2) is 15.8 Å². The number of rotatable bonds is 6. The van der Waals surface area contributed by atoms with E-state index in [1.54, 1.807) is 4.90 Å². The van der Waals surface area contributed by atoms with Gasteiger partial charge in [-0.15, -0.1) is 0 Å². The summed E-state index contributed by atoms with van der Waals surface area (Å²) in [5.74, 6) is 5.26. The van der Waals surface area contributed by atoms with Gasteiger partial charge >= 0.3 is 5.69 Å². The fraction of sp³-hybridized carbons (Fsp3) is 0.556. The zero-order chi connectivity index (χ0) is 13.7. The molecule has 0 saturated carbocycles. The van der Waals surface area contributed by atoms with E-state index in [-0.39, 0.29) is 36.5 Å². The predicted octanol–water partition coefficient (Wildman–Crippen LogP) is -0.122. The molecule has 100 valence electrons. The van der Waals surface area contributed by atoms with Crippen LogP contribution in [0.25, 0.3) is 0 Å². The molecule has 1 heterocycles. The fourth-order valence-corrected chi connectivity index (χ4v) is 1.57. The van der Waals surface area contributed by atoms with Crippen LogP contribution < -0.4 is 16.2 Å². The molecule has 1 aromatic heterocycles. The number of nitrogens with one attached hydrogen (secondary N) is 1. The molecule has 0 aromatic carbocycles. The van der Waals surface area contributed by atoms with E-state index in [4.69, 9.17) is 10.9 Å². The van der Waals surface area contributed by atoms with E-state index in [2.05, 4.69) is 15.4 Å². The topological polar surface area (TPSA) is 130 Å². The summed E-state index contributed by atoms with van der Waals surface area (Å²) in [5, 5.41) is 20.1. The molecule has 0 aliphatic carbocycles. The van der Waals surface area contributed by atoms with Gasteiger partial charge in [-0.2, -0.15) is 0 Å². The molecular weight excluding hydrogens is 240 g/mol. The Morgan fingerprint density at radius 3 is 2.72 bits per heavy atom. The Kier molecular flexibility index (Phi) is 4.75. The maximum atomic E-state index is 11.1. The minimum absolute atomic E-state index is 0.0589. The van der Waals surface area contributed by atoms with Crippen LogP contribution in [0.15, 0.2) is 6.33 Å². The van der Waals surface area contributed by atoms with Gasteiger partial charge in [-0.3, -0.25) is 10.1 Å². The Morgan fingerprint density at radius 1 is 1.61 bits per heavy atom. The minimum Gasteiger partial charge on any atom is -0.395 e. The number of hydrogen-bond donors (Lipinski definition) is 3. The van der Waals surface area contributed by atoms with Crippen LogP contribution in [0.4, 0.5) is 17.3 Å². The summed E-state index contributed by atoms with van der Waals surface area (Å²) in [6, 6.07) is -0.0589. The molecule has 0 saturated heterocycles. The first kappa shape index (κ1) is 14.1.